The first-order valence-corrected chi connectivity index (χ1v) is 5.66. The molecule has 1 rings (SSSR count). The van der Waals surface area contributed by atoms with Crippen molar-refractivity contribution in [2.45, 2.75) is 12.5 Å². The summed E-state index contributed by atoms with van der Waals surface area (Å²) in [5.74, 6) is 4.95. The highest BCUT2D eigenvalue weighted by Gasteiger charge is 2.08. The van der Waals surface area contributed by atoms with Gasteiger partial charge < -0.3 is 4.74 Å². The summed E-state index contributed by atoms with van der Waals surface area (Å²) in [6.45, 7) is 0.178. The Hall–Kier alpha value is -0.810. The largest absolute Gasteiger partial charge is 0.491 e. The van der Waals surface area contributed by atoms with E-state index in [9.17, 15) is 4.39 Å². The highest BCUT2D eigenvalue weighted by Crippen LogP contribution is 2.20. The van der Waals surface area contributed by atoms with Gasteiger partial charge in [-0.15, -0.1) is 0 Å². The molecular weight excluding hydrogens is 268 g/mol. The van der Waals surface area contributed by atoms with Crippen LogP contribution in [0.2, 0.25) is 5.02 Å². The lowest BCUT2D eigenvalue weighted by Gasteiger charge is -2.13. The van der Waals surface area contributed by atoms with Gasteiger partial charge in [-0.05, 0) is 18.6 Å². The fourth-order valence-electron chi connectivity index (χ4n) is 1.17. The standard InChI is InChI=1S/C11H12Cl2FNO2/c12-3-1-2-10(17-15)7-16-11-5-8(13)4-9(14)6-11/h1,3-6,10H,2,7,15H2/b3-1-. The maximum atomic E-state index is 13.0. The Morgan fingerprint density at radius 3 is 2.76 bits per heavy atom. The molecule has 6 heteroatoms. The van der Waals surface area contributed by atoms with Gasteiger partial charge in [-0.3, -0.25) is 4.84 Å². The van der Waals surface area contributed by atoms with Crippen molar-refractivity contribution in [2.75, 3.05) is 6.61 Å². The SMILES string of the molecule is NOC(C/C=C\Cl)COc1cc(F)cc(Cl)c1. The number of halogens is 3. The van der Waals surface area contributed by atoms with Crippen LogP contribution in [0.3, 0.4) is 0 Å². The van der Waals surface area contributed by atoms with Gasteiger partial charge in [0.25, 0.3) is 0 Å². The molecule has 0 aliphatic carbocycles. The summed E-state index contributed by atoms with van der Waals surface area (Å²) in [7, 11) is 0. The fourth-order valence-corrected chi connectivity index (χ4v) is 1.48. The van der Waals surface area contributed by atoms with Crippen molar-refractivity contribution in [1.29, 1.82) is 0 Å². The zero-order chi connectivity index (χ0) is 12.7. The molecule has 3 nitrogen and oxygen atoms in total. The number of hydrogen-bond donors (Lipinski definition) is 1. The second-order valence-electron chi connectivity index (χ2n) is 3.27. The molecule has 0 aromatic heterocycles. The minimum absolute atomic E-state index is 0.178. The molecule has 1 unspecified atom stereocenters. The van der Waals surface area contributed by atoms with Gasteiger partial charge in [-0.1, -0.05) is 29.3 Å². The van der Waals surface area contributed by atoms with Crippen LogP contribution < -0.4 is 10.6 Å². The zero-order valence-corrected chi connectivity index (χ0v) is 10.4. The second kappa shape index (κ2) is 7.50. The van der Waals surface area contributed by atoms with Crippen molar-refractivity contribution < 1.29 is 14.0 Å². The fraction of sp³-hybridized carbons (Fsp3) is 0.273. The molecule has 1 atom stereocenters. The molecule has 0 bridgehead atoms. The van der Waals surface area contributed by atoms with Crippen LogP contribution in [0.5, 0.6) is 5.75 Å². The minimum atomic E-state index is -0.460. The lowest BCUT2D eigenvalue weighted by molar-refractivity contribution is 0.0216. The van der Waals surface area contributed by atoms with Gasteiger partial charge in [0, 0.05) is 16.6 Å². The first kappa shape index (κ1) is 14.3. The van der Waals surface area contributed by atoms with E-state index in [0.29, 0.717) is 12.2 Å². The zero-order valence-electron chi connectivity index (χ0n) is 8.91. The van der Waals surface area contributed by atoms with Crippen LogP contribution in [0.15, 0.2) is 29.8 Å². The van der Waals surface area contributed by atoms with Gasteiger partial charge in [-0.25, -0.2) is 10.3 Å². The number of rotatable bonds is 6. The summed E-state index contributed by atoms with van der Waals surface area (Å²) in [6.07, 6.45) is 1.83. The normalized spacial score (nSPS) is 12.9. The molecular formula is C11H12Cl2FNO2. The van der Waals surface area contributed by atoms with E-state index in [1.165, 1.54) is 23.7 Å². The third kappa shape index (κ3) is 5.37. The van der Waals surface area contributed by atoms with Crippen LogP contribution >= 0.6 is 23.2 Å². The molecule has 0 saturated carbocycles. The van der Waals surface area contributed by atoms with Crippen LogP contribution in [-0.2, 0) is 4.84 Å². The van der Waals surface area contributed by atoms with E-state index in [0.717, 1.165) is 0 Å². The van der Waals surface area contributed by atoms with E-state index >= 15 is 0 Å². The van der Waals surface area contributed by atoms with Crippen molar-refractivity contribution >= 4 is 23.2 Å². The predicted octanol–water partition coefficient (Wildman–Crippen LogP) is 3.26. The average Bonchev–Trinajstić information content (AvgIpc) is 2.28. The van der Waals surface area contributed by atoms with Crippen LogP contribution in [-0.4, -0.2) is 12.7 Å². The topological polar surface area (TPSA) is 44.5 Å². The highest BCUT2D eigenvalue weighted by molar-refractivity contribution is 6.30. The lowest BCUT2D eigenvalue weighted by atomic mass is 10.2. The maximum Gasteiger partial charge on any atom is 0.128 e. The lowest BCUT2D eigenvalue weighted by Crippen LogP contribution is -2.24. The van der Waals surface area contributed by atoms with Crippen LogP contribution in [0.4, 0.5) is 4.39 Å². The van der Waals surface area contributed by atoms with Crippen LogP contribution in [0.1, 0.15) is 6.42 Å². The first-order valence-electron chi connectivity index (χ1n) is 4.85. The van der Waals surface area contributed by atoms with Crippen LogP contribution in [0.25, 0.3) is 0 Å². The van der Waals surface area contributed by atoms with E-state index in [4.69, 9.17) is 33.8 Å². The van der Waals surface area contributed by atoms with E-state index in [-0.39, 0.29) is 17.7 Å². The third-order valence-corrected chi connectivity index (χ3v) is 2.35. The van der Waals surface area contributed by atoms with Gasteiger partial charge in [-0.2, -0.15) is 0 Å². The smallest absolute Gasteiger partial charge is 0.128 e. The third-order valence-electron chi connectivity index (χ3n) is 1.95. The molecule has 0 spiro atoms. The Morgan fingerprint density at radius 2 is 2.18 bits per heavy atom. The molecule has 0 amide bonds. The second-order valence-corrected chi connectivity index (χ2v) is 3.96. The molecule has 94 valence electrons. The Kier molecular flexibility index (Phi) is 6.29. The Bertz CT molecular complexity index is 367. The Morgan fingerprint density at radius 1 is 1.41 bits per heavy atom. The maximum absolute atomic E-state index is 13.0. The Balaban J connectivity index is 2.53. The van der Waals surface area contributed by atoms with Crippen molar-refractivity contribution in [3.05, 3.63) is 40.7 Å². The predicted molar refractivity (Wildman–Crippen MR) is 65.6 cm³/mol. The van der Waals surface area contributed by atoms with Gasteiger partial charge in [0.05, 0.1) is 0 Å². The van der Waals surface area contributed by atoms with E-state index in [1.807, 2.05) is 0 Å². The van der Waals surface area contributed by atoms with E-state index < -0.39 is 5.82 Å². The summed E-state index contributed by atoms with van der Waals surface area (Å²) >= 11 is 11.1. The molecule has 0 radical (unpaired) electrons. The molecule has 0 fully saturated rings. The number of hydrogen-bond acceptors (Lipinski definition) is 3. The quantitative estimate of drug-likeness (QED) is 0.813. The summed E-state index contributed by atoms with van der Waals surface area (Å²) in [5.41, 5.74) is 1.37. The molecule has 2 N–H and O–H groups in total. The number of benzene rings is 1. The van der Waals surface area contributed by atoms with Crippen molar-refractivity contribution in [3.8, 4) is 5.75 Å². The molecule has 0 aliphatic rings. The summed E-state index contributed by atoms with van der Waals surface area (Å²) in [6, 6.07) is 3.94. The molecule has 1 aromatic carbocycles. The van der Waals surface area contributed by atoms with Gasteiger partial charge in [0.1, 0.15) is 24.3 Å². The van der Waals surface area contributed by atoms with Crippen molar-refractivity contribution in [2.24, 2.45) is 5.90 Å². The van der Waals surface area contributed by atoms with Gasteiger partial charge in [0.15, 0.2) is 0 Å². The minimum Gasteiger partial charge on any atom is -0.491 e. The van der Waals surface area contributed by atoms with Gasteiger partial charge >= 0.3 is 0 Å². The molecule has 1 aromatic rings. The molecule has 0 saturated heterocycles. The summed E-state index contributed by atoms with van der Waals surface area (Å²) in [4.78, 5) is 4.67. The first-order chi connectivity index (χ1) is 8.15. The number of ether oxygens (including phenoxy) is 1. The Labute approximate surface area is 109 Å². The molecule has 17 heavy (non-hydrogen) atoms. The van der Waals surface area contributed by atoms with Gasteiger partial charge in [0.2, 0.25) is 0 Å². The van der Waals surface area contributed by atoms with E-state index in [1.54, 1.807) is 6.08 Å². The average molecular weight is 280 g/mol. The molecule has 0 aliphatic heterocycles. The van der Waals surface area contributed by atoms with E-state index in [2.05, 4.69) is 4.84 Å². The monoisotopic (exact) mass is 279 g/mol. The highest BCUT2D eigenvalue weighted by atomic mass is 35.5. The van der Waals surface area contributed by atoms with Crippen molar-refractivity contribution in [3.63, 3.8) is 0 Å². The molecule has 0 heterocycles. The van der Waals surface area contributed by atoms with Crippen LogP contribution in [0, 0.1) is 5.82 Å². The number of nitrogens with two attached hydrogens (primary N) is 1. The van der Waals surface area contributed by atoms with Crippen molar-refractivity contribution in [1.82, 2.24) is 0 Å². The summed E-state index contributed by atoms with van der Waals surface area (Å²) < 4.78 is 18.3. The summed E-state index contributed by atoms with van der Waals surface area (Å²) in [5, 5.41) is 0.269.